The molecule has 3 aromatic heterocycles. The number of rotatable bonds is 9. The second kappa shape index (κ2) is 9.70. The first-order valence-corrected chi connectivity index (χ1v) is 11.1. The van der Waals surface area contributed by atoms with E-state index in [1.807, 2.05) is 36.4 Å². The first-order chi connectivity index (χ1) is 15.2. The van der Waals surface area contributed by atoms with Crippen molar-refractivity contribution in [1.82, 2.24) is 19.6 Å². The van der Waals surface area contributed by atoms with Crippen molar-refractivity contribution in [1.29, 1.82) is 0 Å². The molecule has 1 aromatic carbocycles. The highest BCUT2D eigenvalue weighted by Crippen LogP contribution is 2.28. The minimum atomic E-state index is -0.196. The van der Waals surface area contributed by atoms with Gasteiger partial charge in [0.25, 0.3) is 5.56 Å². The van der Waals surface area contributed by atoms with E-state index in [0.717, 1.165) is 24.0 Å². The molecule has 31 heavy (non-hydrogen) atoms. The molecule has 4 aromatic rings. The molecule has 0 spiro atoms. The molecule has 0 saturated heterocycles. The van der Waals surface area contributed by atoms with Gasteiger partial charge < -0.3 is 9.47 Å². The van der Waals surface area contributed by atoms with Gasteiger partial charge >= 0.3 is 0 Å². The average molecular weight is 437 g/mol. The fourth-order valence-corrected chi connectivity index (χ4v) is 4.11. The van der Waals surface area contributed by atoms with E-state index in [0.29, 0.717) is 33.4 Å². The van der Waals surface area contributed by atoms with Crippen LogP contribution in [0.3, 0.4) is 0 Å². The second-order valence-electron chi connectivity index (χ2n) is 7.11. The normalized spacial score (nSPS) is 11.9. The van der Waals surface area contributed by atoms with Gasteiger partial charge in [0, 0.05) is 18.0 Å². The van der Waals surface area contributed by atoms with E-state index in [-0.39, 0.29) is 5.56 Å². The van der Waals surface area contributed by atoms with Gasteiger partial charge in [-0.1, -0.05) is 43.6 Å². The fourth-order valence-electron chi connectivity index (χ4n) is 3.21. The number of pyridine rings is 1. The molecule has 0 saturated carbocycles. The molecule has 0 fully saturated rings. The lowest BCUT2D eigenvalue weighted by Gasteiger charge is -2.11. The molecular weight excluding hydrogens is 412 g/mol. The summed E-state index contributed by atoms with van der Waals surface area (Å²) in [4.78, 5) is 21.9. The van der Waals surface area contributed by atoms with Gasteiger partial charge in [0.05, 0.1) is 18.2 Å². The lowest BCUT2D eigenvalue weighted by Crippen LogP contribution is -2.23. The van der Waals surface area contributed by atoms with E-state index in [1.165, 1.54) is 28.7 Å². The zero-order valence-corrected chi connectivity index (χ0v) is 18.4. The maximum Gasteiger partial charge on any atom is 0.291 e. The van der Waals surface area contributed by atoms with Crippen molar-refractivity contribution >= 4 is 22.4 Å². The van der Waals surface area contributed by atoms with Crippen LogP contribution in [0.2, 0.25) is 0 Å². The fraction of sp³-hybridized carbons (Fsp3) is 0.304. The molecule has 0 bridgehead atoms. The lowest BCUT2D eigenvalue weighted by atomic mass is 10.2. The number of benzene rings is 1. The van der Waals surface area contributed by atoms with Crippen LogP contribution in [0.25, 0.3) is 22.4 Å². The van der Waals surface area contributed by atoms with Crippen LogP contribution in [0, 0.1) is 0 Å². The number of ether oxygens (including phenoxy) is 2. The Morgan fingerprint density at radius 1 is 1.16 bits per heavy atom. The molecule has 0 N–H and O–H groups in total. The summed E-state index contributed by atoms with van der Waals surface area (Å²) in [7, 11) is 1.62. The number of methoxy groups -OCH3 is 1. The number of hydrogen-bond donors (Lipinski definition) is 0. The molecule has 0 aliphatic rings. The summed E-state index contributed by atoms with van der Waals surface area (Å²) in [6.07, 6.45) is 9.78. The van der Waals surface area contributed by atoms with Gasteiger partial charge in [-0.3, -0.25) is 9.78 Å². The zero-order valence-electron chi connectivity index (χ0n) is 17.6. The van der Waals surface area contributed by atoms with Crippen LogP contribution in [-0.2, 0) is 0 Å². The Bertz CT molecular complexity index is 1270. The molecule has 0 unspecified atom stereocenters. The zero-order chi connectivity index (χ0) is 21.6. The van der Waals surface area contributed by atoms with Gasteiger partial charge in [0.2, 0.25) is 4.96 Å². The van der Waals surface area contributed by atoms with Gasteiger partial charge in [-0.25, -0.2) is 0 Å². The molecule has 3 heterocycles. The SMILES string of the molecule is CCCCCCOc1ccc(C=c2sc3nc(-c4cccnc4)nn3c2=O)cc1OC. The van der Waals surface area contributed by atoms with Gasteiger partial charge in [-0.05, 0) is 42.3 Å². The van der Waals surface area contributed by atoms with E-state index < -0.39 is 0 Å². The van der Waals surface area contributed by atoms with Gasteiger partial charge in [-0.15, -0.1) is 5.10 Å². The Morgan fingerprint density at radius 3 is 2.81 bits per heavy atom. The number of hydrogen-bond acceptors (Lipinski definition) is 7. The largest absolute Gasteiger partial charge is 0.493 e. The van der Waals surface area contributed by atoms with Crippen LogP contribution in [0.15, 0.2) is 47.5 Å². The summed E-state index contributed by atoms with van der Waals surface area (Å²) in [5, 5.41) is 4.35. The Hall–Kier alpha value is -3.26. The van der Waals surface area contributed by atoms with Gasteiger partial charge in [0.15, 0.2) is 17.3 Å². The Morgan fingerprint density at radius 2 is 2.06 bits per heavy atom. The van der Waals surface area contributed by atoms with Crippen molar-refractivity contribution < 1.29 is 9.47 Å². The first kappa shape index (κ1) is 21.0. The van der Waals surface area contributed by atoms with Crippen LogP contribution >= 0.6 is 11.3 Å². The average Bonchev–Trinajstić information content (AvgIpc) is 3.34. The first-order valence-electron chi connectivity index (χ1n) is 10.3. The number of unbranched alkanes of at least 4 members (excludes halogenated alkanes) is 3. The van der Waals surface area contributed by atoms with E-state index >= 15 is 0 Å². The Kier molecular flexibility index (Phi) is 6.57. The number of aromatic nitrogens is 4. The minimum Gasteiger partial charge on any atom is -0.493 e. The smallest absolute Gasteiger partial charge is 0.291 e. The molecule has 0 radical (unpaired) electrons. The van der Waals surface area contributed by atoms with Crippen molar-refractivity contribution in [2.75, 3.05) is 13.7 Å². The van der Waals surface area contributed by atoms with E-state index in [1.54, 1.807) is 19.5 Å². The van der Waals surface area contributed by atoms with Crippen molar-refractivity contribution in [2.45, 2.75) is 32.6 Å². The quantitative estimate of drug-likeness (QED) is 0.372. The van der Waals surface area contributed by atoms with Crippen molar-refractivity contribution in [3.8, 4) is 22.9 Å². The molecule has 0 atom stereocenters. The highest BCUT2D eigenvalue weighted by Gasteiger charge is 2.12. The molecule has 0 aliphatic heterocycles. The summed E-state index contributed by atoms with van der Waals surface area (Å²) in [6, 6.07) is 9.35. The Balaban J connectivity index is 1.57. The maximum atomic E-state index is 12.8. The third-order valence-corrected chi connectivity index (χ3v) is 5.80. The molecule has 160 valence electrons. The predicted molar refractivity (Wildman–Crippen MR) is 122 cm³/mol. The topological polar surface area (TPSA) is 78.6 Å². The summed E-state index contributed by atoms with van der Waals surface area (Å²) in [5.41, 5.74) is 1.43. The summed E-state index contributed by atoms with van der Waals surface area (Å²) in [5.74, 6) is 1.85. The minimum absolute atomic E-state index is 0.196. The van der Waals surface area contributed by atoms with E-state index in [4.69, 9.17) is 9.47 Å². The van der Waals surface area contributed by atoms with Crippen molar-refractivity contribution in [3.05, 3.63) is 63.2 Å². The molecule has 7 nitrogen and oxygen atoms in total. The Labute approximate surface area is 184 Å². The second-order valence-corrected chi connectivity index (χ2v) is 8.12. The molecule has 8 heteroatoms. The molecule has 4 rings (SSSR count). The summed E-state index contributed by atoms with van der Waals surface area (Å²) >= 11 is 1.30. The van der Waals surface area contributed by atoms with Gasteiger partial charge in [-0.2, -0.15) is 9.50 Å². The summed E-state index contributed by atoms with van der Waals surface area (Å²) in [6.45, 7) is 2.85. The van der Waals surface area contributed by atoms with E-state index in [9.17, 15) is 4.79 Å². The monoisotopic (exact) mass is 436 g/mol. The number of thiazole rings is 1. The lowest BCUT2D eigenvalue weighted by molar-refractivity contribution is 0.285. The van der Waals surface area contributed by atoms with Crippen LogP contribution in [-0.4, -0.2) is 33.3 Å². The third kappa shape index (κ3) is 4.74. The van der Waals surface area contributed by atoms with E-state index in [2.05, 4.69) is 22.0 Å². The molecule has 0 aliphatic carbocycles. The van der Waals surface area contributed by atoms with Crippen LogP contribution in [0.1, 0.15) is 38.2 Å². The van der Waals surface area contributed by atoms with Crippen LogP contribution < -0.4 is 19.6 Å². The predicted octanol–water partition coefficient (Wildman–Crippen LogP) is 3.73. The van der Waals surface area contributed by atoms with Gasteiger partial charge in [0.1, 0.15) is 0 Å². The van der Waals surface area contributed by atoms with Crippen molar-refractivity contribution in [2.24, 2.45) is 0 Å². The summed E-state index contributed by atoms with van der Waals surface area (Å²) < 4.78 is 13.2. The van der Waals surface area contributed by atoms with Crippen LogP contribution in [0.4, 0.5) is 0 Å². The molecular formula is C23H24N4O3S. The number of fused-ring (bicyclic) bond motifs is 1. The molecule has 0 amide bonds. The standard InChI is InChI=1S/C23H24N4O3S/c1-3-4-5-6-12-30-18-10-9-16(13-19(18)29-2)14-20-22(28)27-23(31-20)25-21(26-27)17-8-7-11-24-15-17/h7-11,13-15H,3-6,12H2,1-2H3. The van der Waals surface area contributed by atoms with Crippen LogP contribution in [0.5, 0.6) is 11.5 Å². The van der Waals surface area contributed by atoms with Crippen molar-refractivity contribution in [3.63, 3.8) is 0 Å². The highest BCUT2D eigenvalue weighted by atomic mass is 32.1. The number of nitrogens with zero attached hydrogens (tertiary/aromatic N) is 4. The maximum absolute atomic E-state index is 12.8. The highest BCUT2D eigenvalue weighted by molar-refractivity contribution is 7.15. The third-order valence-electron chi connectivity index (χ3n) is 4.84.